The molecule has 0 unspecified atom stereocenters. The maximum atomic E-state index is 11.1. The van der Waals surface area contributed by atoms with Gasteiger partial charge in [-0.3, -0.25) is 4.79 Å². The van der Waals surface area contributed by atoms with Crippen LogP contribution in [0.25, 0.3) is 0 Å². The quantitative estimate of drug-likeness (QED) is 0.527. The standard InChI is InChI=1S/C11H12O/c12-11-9-7-5-3-1-2-4-6-8-10(9)11/h3-8H2. The minimum atomic E-state index is 0.358. The fourth-order valence-electron chi connectivity index (χ4n) is 1.66. The van der Waals surface area contributed by atoms with Gasteiger partial charge in [0, 0.05) is 24.0 Å². The molecule has 0 amide bonds. The first-order valence-corrected chi connectivity index (χ1v) is 4.62. The van der Waals surface area contributed by atoms with E-state index in [0.717, 1.165) is 49.7 Å². The van der Waals surface area contributed by atoms with Gasteiger partial charge < -0.3 is 0 Å². The summed E-state index contributed by atoms with van der Waals surface area (Å²) in [7, 11) is 0. The molecule has 1 nitrogen and oxygen atoms in total. The van der Waals surface area contributed by atoms with Crippen molar-refractivity contribution in [2.45, 2.75) is 38.5 Å². The summed E-state index contributed by atoms with van der Waals surface area (Å²) in [4.78, 5) is 11.1. The third kappa shape index (κ3) is 1.43. The van der Waals surface area contributed by atoms with Gasteiger partial charge in [-0.1, -0.05) is 0 Å². The van der Waals surface area contributed by atoms with Crippen molar-refractivity contribution < 1.29 is 0 Å². The summed E-state index contributed by atoms with van der Waals surface area (Å²) in [5, 5.41) is 0. The second kappa shape index (κ2) is 3.15. The van der Waals surface area contributed by atoms with Crippen LogP contribution in [0.15, 0.2) is 4.79 Å². The summed E-state index contributed by atoms with van der Waals surface area (Å²) in [5.74, 6) is 6.25. The van der Waals surface area contributed by atoms with E-state index in [9.17, 15) is 4.79 Å². The van der Waals surface area contributed by atoms with Crippen molar-refractivity contribution in [2.75, 3.05) is 0 Å². The van der Waals surface area contributed by atoms with Gasteiger partial charge in [-0.2, -0.15) is 0 Å². The van der Waals surface area contributed by atoms with Crippen molar-refractivity contribution in [1.82, 2.24) is 0 Å². The Bertz CT molecular complexity index is 313. The Morgan fingerprint density at radius 3 is 1.92 bits per heavy atom. The summed E-state index contributed by atoms with van der Waals surface area (Å²) in [6.07, 6.45) is 6.01. The van der Waals surface area contributed by atoms with E-state index in [0.29, 0.717) is 5.43 Å². The molecule has 0 spiro atoms. The van der Waals surface area contributed by atoms with Gasteiger partial charge in [-0.25, -0.2) is 0 Å². The van der Waals surface area contributed by atoms with Crippen LogP contribution < -0.4 is 5.43 Å². The van der Waals surface area contributed by atoms with Crippen molar-refractivity contribution in [3.63, 3.8) is 0 Å². The smallest absolute Gasteiger partial charge is 0.185 e. The molecule has 1 aliphatic carbocycles. The first kappa shape index (κ1) is 7.61. The molecule has 0 saturated heterocycles. The largest absolute Gasteiger partial charge is 0.289 e. The Morgan fingerprint density at radius 2 is 1.42 bits per heavy atom. The lowest BCUT2D eigenvalue weighted by molar-refractivity contribution is 0.828. The molecule has 0 heterocycles. The van der Waals surface area contributed by atoms with Gasteiger partial charge in [-0.15, -0.1) is 11.8 Å². The van der Waals surface area contributed by atoms with Crippen LogP contribution in [-0.4, -0.2) is 0 Å². The summed E-state index contributed by atoms with van der Waals surface area (Å²) in [6.45, 7) is 0. The van der Waals surface area contributed by atoms with E-state index < -0.39 is 0 Å². The molecule has 0 N–H and O–H groups in total. The van der Waals surface area contributed by atoms with Crippen LogP contribution in [0.2, 0.25) is 0 Å². The van der Waals surface area contributed by atoms with Crippen LogP contribution >= 0.6 is 0 Å². The topological polar surface area (TPSA) is 17.1 Å². The molecule has 1 aromatic carbocycles. The SMILES string of the molecule is O=c1c2c1CCCC#CCCC2. The third-order valence-electron chi connectivity index (χ3n) is 2.43. The summed E-state index contributed by atoms with van der Waals surface area (Å²) < 4.78 is 0. The molecule has 12 heavy (non-hydrogen) atoms. The molecule has 0 bridgehead atoms. The summed E-state index contributed by atoms with van der Waals surface area (Å²) >= 11 is 0. The van der Waals surface area contributed by atoms with Gasteiger partial charge in [0.25, 0.3) is 0 Å². The molecular weight excluding hydrogens is 148 g/mol. The Morgan fingerprint density at radius 1 is 0.917 bits per heavy atom. The zero-order valence-electron chi connectivity index (χ0n) is 7.15. The highest BCUT2D eigenvalue weighted by Crippen LogP contribution is 2.16. The van der Waals surface area contributed by atoms with Crippen LogP contribution in [0.3, 0.4) is 0 Å². The van der Waals surface area contributed by atoms with Crippen molar-refractivity contribution in [3.05, 3.63) is 21.4 Å². The first-order valence-electron chi connectivity index (χ1n) is 4.62. The lowest BCUT2D eigenvalue weighted by atomic mass is 10.1. The van der Waals surface area contributed by atoms with Gasteiger partial charge in [0.2, 0.25) is 0 Å². The molecule has 0 radical (unpaired) electrons. The fraction of sp³-hybridized carbons (Fsp3) is 0.545. The van der Waals surface area contributed by atoms with Crippen LogP contribution in [0.4, 0.5) is 0 Å². The second-order valence-electron chi connectivity index (χ2n) is 3.35. The first-order chi connectivity index (χ1) is 5.89. The van der Waals surface area contributed by atoms with E-state index in [2.05, 4.69) is 11.8 Å². The summed E-state index contributed by atoms with van der Waals surface area (Å²) in [6, 6.07) is 0. The Hall–Kier alpha value is -1.03. The molecule has 1 heteroatoms. The highest BCUT2D eigenvalue weighted by atomic mass is 16.1. The molecule has 0 atom stereocenters. The fourth-order valence-corrected chi connectivity index (χ4v) is 1.66. The number of rotatable bonds is 0. The Kier molecular flexibility index (Phi) is 1.99. The van der Waals surface area contributed by atoms with Crippen molar-refractivity contribution in [3.8, 4) is 11.8 Å². The minimum Gasteiger partial charge on any atom is -0.289 e. The zero-order chi connectivity index (χ0) is 8.39. The number of hydrogen-bond acceptors (Lipinski definition) is 1. The predicted molar refractivity (Wildman–Crippen MR) is 48.7 cm³/mol. The molecule has 0 fully saturated rings. The van der Waals surface area contributed by atoms with Crippen LogP contribution in [-0.2, 0) is 12.8 Å². The van der Waals surface area contributed by atoms with Crippen molar-refractivity contribution in [2.24, 2.45) is 0 Å². The predicted octanol–water partition coefficient (Wildman–Crippen LogP) is 1.58. The molecule has 1 aliphatic rings. The number of hydrogen-bond donors (Lipinski definition) is 0. The minimum absolute atomic E-state index is 0.358. The molecule has 0 aliphatic heterocycles. The van der Waals surface area contributed by atoms with Gasteiger partial charge in [0.05, 0.1) is 0 Å². The van der Waals surface area contributed by atoms with E-state index in [1.165, 1.54) is 0 Å². The Balaban J connectivity index is 2.03. The van der Waals surface area contributed by atoms with Crippen molar-refractivity contribution in [1.29, 1.82) is 0 Å². The molecule has 62 valence electrons. The average Bonchev–Trinajstić information content (AvgIpc) is 2.71. The van der Waals surface area contributed by atoms with Crippen molar-refractivity contribution >= 4 is 0 Å². The third-order valence-corrected chi connectivity index (χ3v) is 2.43. The van der Waals surface area contributed by atoms with Crippen LogP contribution in [0.1, 0.15) is 36.8 Å². The van der Waals surface area contributed by atoms with Gasteiger partial charge in [-0.05, 0) is 25.7 Å². The summed E-state index contributed by atoms with van der Waals surface area (Å²) in [5.41, 5.74) is 2.61. The van der Waals surface area contributed by atoms with Gasteiger partial charge in [0.15, 0.2) is 5.43 Å². The Labute approximate surface area is 72.5 Å². The maximum absolute atomic E-state index is 11.1. The lowest BCUT2D eigenvalue weighted by Crippen LogP contribution is -1.82. The molecular formula is C11H12O. The highest BCUT2D eigenvalue weighted by Gasteiger charge is 2.20. The molecule has 1 aromatic rings. The normalized spacial score (nSPS) is 18.0. The lowest BCUT2D eigenvalue weighted by Gasteiger charge is -1.92. The average molecular weight is 160 g/mol. The van der Waals surface area contributed by atoms with Crippen LogP contribution in [0, 0.1) is 11.8 Å². The van der Waals surface area contributed by atoms with E-state index >= 15 is 0 Å². The van der Waals surface area contributed by atoms with Gasteiger partial charge >= 0.3 is 0 Å². The van der Waals surface area contributed by atoms with E-state index in [-0.39, 0.29) is 0 Å². The zero-order valence-corrected chi connectivity index (χ0v) is 7.15. The second-order valence-corrected chi connectivity index (χ2v) is 3.35. The maximum Gasteiger partial charge on any atom is 0.185 e. The van der Waals surface area contributed by atoms with E-state index in [1.54, 1.807) is 0 Å². The van der Waals surface area contributed by atoms with Crippen LogP contribution in [0.5, 0.6) is 0 Å². The van der Waals surface area contributed by atoms with E-state index in [4.69, 9.17) is 0 Å². The van der Waals surface area contributed by atoms with E-state index in [1.807, 2.05) is 0 Å². The molecule has 2 rings (SSSR count). The number of fused-ring (bicyclic) bond motifs is 1. The molecule has 0 aromatic heterocycles. The monoisotopic (exact) mass is 160 g/mol. The van der Waals surface area contributed by atoms with Gasteiger partial charge in [0.1, 0.15) is 0 Å². The molecule has 0 saturated carbocycles. The highest BCUT2D eigenvalue weighted by molar-refractivity contribution is 5.39.